The van der Waals surface area contributed by atoms with E-state index >= 15 is 0 Å². The lowest BCUT2D eigenvalue weighted by molar-refractivity contribution is -0.128. The van der Waals surface area contributed by atoms with Gasteiger partial charge in [0.2, 0.25) is 5.91 Å². The number of rotatable bonds is 6. The van der Waals surface area contributed by atoms with Crippen molar-refractivity contribution in [2.75, 3.05) is 13.2 Å². The molecule has 0 bridgehead atoms. The Kier molecular flexibility index (Phi) is 4.33. The molecule has 1 aromatic rings. The van der Waals surface area contributed by atoms with E-state index in [2.05, 4.69) is 4.84 Å². The number of alkyl halides is 2. The minimum atomic E-state index is -3.06. The first kappa shape index (κ1) is 12.5. The largest absolute Gasteiger partial charge is 0.368 e. The van der Waals surface area contributed by atoms with Gasteiger partial charge < -0.3 is 5.73 Å². The van der Waals surface area contributed by atoms with Crippen LogP contribution in [0.5, 0.6) is 0 Å². The van der Waals surface area contributed by atoms with Crippen LogP contribution in [-0.2, 0) is 15.6 Å². The number of nitrogens with two attached hydrogens (primary N) is 1. The summed E-state index contributed by atoms with van der Waals surface area (Å²) in [6, 6.07) is 7.32. The molecular weight excluding hydrogens is 218 g/mol. The van der Waals surface area contributed by atoms with Crippen LogP contribution >= 0.6 is 0 Å². The Morgan fingerprint density at radius 2 is 2.00 bits per heavy atom. The molecule has 0 saturated heterocycles. The van der Waals surface area contributed by atoms with Crippen molar-refractivity contribution in [1.82, 2.24) is 5.48 Å². The minimum absolute atomic E-state index is 0.120. The quantitative estimate of drug-likeness (QED) is 0.560. The molecule has 1 rings (SSSR count). The molecule has 0 heterocycles. The van der Waals surface area contributed by atoms with Gasteiger partial charge in [-0.2, -0.15) is 14.3 Å². The first-order valence-electron chi connectivity index (χ1n) is 4.58. The van der Waals surface area contributed by atoms with Gasteiger partial charge in [-0.25, -0.2) is 0 Å². The maximum absolute atomic E-state index is 13.4. The number of hydrogen-bond acceptors (Lipinski definition) is 3. The van der Waals surface area contributed by atoms with Gasteiger partial charge in [0.25, 0.3) is 5.92 Å². The second kappa shape index (κ2) is 5.53. The molecule has 0 atom stereocenters. The van der Waals surface area contributed by atoms with Crippen LogP contribution in [0.2, 0.25) is 0 Å². The first-order valence-corrected chi connectivity index (χ1v) is 4.58. The average Bonchev–Trinajstić information content (AvgIpc) is 2.26. The standard InChI is InChI=1S/C10H12F2N2O2/c11-10(12,7-14-16-6-9(13)15)8-4-2-1-3-5-8/h1-5,14H,6-7H2,(H2,13,15). The number of hydrogen-bond donors (Lipinski definition) is 2. The second-order valence-electron chi connectivity index (χ2n) is 3.15. The van der Waals surface area contributed by atoms with Crippen molar-refractivity contribution in [2.24, 2.45) is 5.73 Å². The molecular formula is C10H12F2N2O2. The van der Waals surface area contributed by atoms with Crippen molar-refractivity contribution in [3.8, 4) is 0 Å². The van der Waals surface area contributed by atoms with Gasteiger partial charge in [0.1, 0.15) is 6.61 Å². The maximum Gasteiger partial charge on any atom is 0.287 e. The summed E-state index contributed by atoms with van der Waals surface area (Å²) in [5.74, 6) is -3.78. The zero-order valence-corrected chi connectivity index (χ0v) is 8.45. The fourth-order valence-corrected chi connectivity index (χ4v) is 1.05. The number of halogens is 2. The molecule has 0 aliphatic carbocycles. The number of carbonyl (C=O) groups excluding carboxylic acids is 1. The lowest BCUT2D eigenvalue weighted by Gasteiger charge is -2.16. The molecule has 1 amide bonds. The Hall–Kier alpha value is -1.53. The highest BCUT2D eigenvalue weighted by molar-refractivity contribution is 5.74. The van der Waals surface area contributed by atoms with E-state index < -0.39 is 25.0 Å². The molecule has 4 nitrogen and oxygen atoms in total. The second-order valence-corrected chi connectivity index (χ2v) is 3.15. The monoisotopic (exact) mass is 230 g/mol. The maximum atomic E-state index is 13.4. The van der Waals surface area contributed by atoms with Gasteiger partial charge in [-0.05, 0) is 0 Å². The molecule has 1 aromatic carbocycles. The van der Waals surface area contributed by atoms with Crippen molar-refractivity contribution in [2.45, 2.75) is 5.92 Å². The predicted octanol–water partition coefficient (Wildman–Crippen LogP) is 0.785. The minimum Gasteiger partial charge on any atom is -0.368 e. The highest BCUT2D eigenvalue weighted by Crippen LogP contribution is 2.26. The molecule has 0 unspecified atom stereocenters. The molecule has 0 aromatic heterocycles. The van der Waals surface area contributed by atoms with Crippen LogP contribution < -0.4 is 11.2 Å². The van der Waals surface area contributed by atoms with Crippen LogP contribution in [0.3, 0.4) is 0 Å². The van der Waals surface area contributed by atoms with Crippen LogP contribution in [0.25, 0.3) is 0 Å². The summed E-state index contributed by atoms with van der Waals surface area (Å²) in [6.45, 7) is -1.16. The molecule has 0 saturated carbocycles. The molecule has 6 heteroatoms. The lowest BCUT2D eigenvalue weighted by Crippen LogP contribution is -2.33. The van der Waals surface area contributed by atoms with E-state index in [9.17, 15) is 13.6 Å². The van der Waals surface area contributed by atoms with E-state index in [1.807, 2.05) is 5.48 Å². The molecule has 0 spiro atoms. The van der Waals surface area contributed by atoms with E-state index in [-0.39, 0.29) is 5.56 Å². The Morgan fingerprint density at radius 3 is 2.56 bits per heavy atom. The normalized spacial score (nSPS) is 11.4. The predicted molar refractivity (Wildman–Crippen MR) is 53.5 cm³/mol. The number of primary amides is 1. The zero-order valence-electron chi connectivity index (χ0n) is 8.45. The summed E-state index contributed by atoms with van der Waals surface area (Å²) in [6.07, 6.45) is 0. The van der Waals surface area contributed by atoms with Crippen molar-refractivity contribution >= 4 is 5.91 Å². The first-order chi connectivity index (χ1) is 7.52. The topological polar surface area (TPSA) is 64.4 Å². The van der Waals surface area contributed by atoms with Gasteiger partial charge in [-0.1, -0.05) is 30.3 Å². The number of carbonyl (C=O) groups is 1. The smallest absolute Gasteiger partial charge is 0.287 e. The van der Waals surface area contributed by atoms with E-state index in [0.29, 0.717) is 0 Å². The summed E-state index contributed by atoms with van der Waals surface area (Å²) >= 11 is 0. The Labute approximate surface area is 91.3 Å². The Balaban J connectivity index is 2.43. The van der Waals surface area contributed by atoms with Crippen LogP contribution in [-0.4, -0.2) is 19.1 Å². The Bertz CT molecular complexity index is 344. The van der Waals surface area contributed by atoms with Gasteiger partial charge in [0.15, 0.2) is 0 Å². The van der Waals surface area contributed by atoms with E-state index in [1.54, 1.807) is 6.07 Å². The number of hydroxylamine groups is 1. The van der Waals surface area contributed by atoms with Crippen LogP contribution in [0, 0.1) is 0 Å². The van der Waals surface area contributed by atoms with Crippen LogP contribution in [0.15, 0.2) is 30.3 Å². The SMILES string of the molecule is NC(=O)CONCC(F)(F)c1ccccc1. The Morgan fingerprint density at radius 1 is 1.38 bits per heavy atom. The van der Waals surface area contributed by atoms with Crippen LogP contribution in [0.1, 0.15) is 5.56 Å². The third-order valence-electron chi connectivity index (χ3n) is 1.81. The number of amides is 1. The lowest BCUT2D eigenvalue weighted by atomic mass is 10.1. The van der Waals surface area contributed by atoms with Crippen molar-refractivity contribution < 1.29 is 18.4 Å². The highest BCUT2D eigenvalue weighted by atomic mass is 19.3. The fourth-order valence-electron chi connectivity index (χ4n) is 1.05. The number of nitrogens with one attached hydrogen (secondary N) is 1. The summed E-state index contributed by atoms with van der Waals surface area (Å²) in [5, 5.41) is 0. The van der Waals surface area contributed by atoms with Gasteiger partial charge in [-0.3, -0.25) is 9.63 Å². The van der Waals surface area contributed by atoms with Crippen molar-refractivity contribution in [1.29, 1.82) is 0 Å². The van der Waals surface area contributed by atoms with E-state index in [0.717, 1.165) is 0 Å². The zero-order chi connectivity index (χ0) is 12.0. The third kappa shape index (κ3) is 3.92. The average molecular weight is 230 g/mol. The highest BCUT2D eigenvalue weighted by Gasteiger charge is 2.30. The van der Waals surface area contributed by atoms with Gasteiger partial charge in [-0.15, -0.1) is 0 Å². The summed E-state index contributed by atoms with van der Waals surface area (Å²) in [5.41, 5.74) is 6.65. The molecule has 0 aliphatic heterocycles. The van der Waals surface area contributed by atoms with E-state index in [1.165, 1.54) is 24.3 Å². The summed E-state index contributed by atoms with van der Waals surface area (Å²) in [7, 11) is 0. The molecule has 0 aliphatic rings. The van der Waals surface area contributed by atoms with Gasteiger partial charge in [0, 0.05) is 5.56 Å². The van der Waals surface area contributed by atoms with Gasteiger partial charge in [0.05, 0.1) is 6.54 Å². The van der Waals surface area contributed by atoms with Gasteiger partial charge >= 0.3 is 0 Å². The third-order valence-corrected chi connectivity index (χ3v) is 1.81. The number of benzene rings is 1. The van der Waals surface area contributed by atoms with Crippen molar-refractivity contribution in [3.63, 3.8) is 0 Å². The van der Waals surface area contributed by atoms with E-state index in [4.69, 9.17) is 5.73 Å². The molecule has 3 N–H and O–H groups in total. The van der Waals surface area contributed by atoms with Crippen LogP contribution in [0.4, 0.5) is 8.78 Å². The molecule has 0 radical (unpaired) electrons. The molecule has 88 valence electrons. The summed E-state index contributed by atoms with van der Waals surface area (Å²) in [4.78, 5) is 14.7. The molecule has 16 heavy (non-hydrogen) atoms. The molecule has 0 fully saturated rings. The van der Waals surface area contributed by atoms with Crippen molar-refractivity contribution in [3.05, 3.63) is 35.9 Å². The fraction of sp³-hybridized carbons (Fsp3) is 0.300. The summed E-state index contributed by atoms with van der Waals surface area (Å²) < 4.78 is 26.8.